The van der Waals surface area contributed by atoms with Gasteiger partial charge in [0.2, 0.25) is 0 Å². The van der Waals surface area contributed by atoms with Gasteiger partial charge >= 0.3 is 0 Å². The Bertz CT molecular complexity index is 667. The molecule has 2 heterocycles. The molecule has 0 saturated carbocycles. The molecular formula is C28H56N4O8+2. The number of quaternary nitrogens is 2. The normalized spacial score (nSPS) is 21.6. The van der Waals surface area contributed by atoms with Crippen molar-refractivity contribution in [1.82, 2.24) is 10.9 Å². The zero-order valence-corrected chi connectivity index (χ0v) is 24.8. The van der Waals surface area contributed by atoms with Crippen LogP contribution in [0.25, 0.3) is 0 Å². The van der Waals surface area contributed by atoms with Gasteiger partial charge in [0.1, 0.15) is 63.7 Å². The number of carbonyl (C=O) groups is 2. The van der Waals surface area contributed by atoms with Crippen molar-refractivity contribution in [1.29, 1.82) is 0 Å². The lowest BCUT2D eigenvalue weighted by atomic mass is 10.1. The van der Waals surface area contributed by atoms with Crippen molar-refractivity contribution in [2.24, 2.45) is 0 Å². The summed E-state index contributed by atoms with van der Waals surface area (Å²) in [4.78, 5) is 24.1. The molecule has 0 bridgehead atoms. The summed E-state index contributed by atoms with van der Waals surface area (Å²) in [5.74, 6) is -0.830. The first-order valence-corrected chi connectivity index (χ1v) is 15.3. The zero-order valence-electron chi connectivity index (χ0n) is 24.8. The second-order valence-electron chi connectivity index (χ2n) is 11.8. The number of unbranched alkanes of at least 4 members (excludes halogenated alkanes) is 3. The summed E-state index contributed by atoms with van der Waals surface area (Å²) in [6.45, 7) is 8.13. The highest BCUT2D eigenvalue weighted by Crippen LogP contribution is 2.19. The van der Waals surface area contributed by atoms with Crippen LogP contribution >= 0.6 is 0 Å². The number of hydrogen-bond acceptors (Lipinski definition) is 8. The molecule has 6 N–H and O–H groups in total. The largest absolute Gasteiger partial charge is 0.385 e. The van der Waals surface area contributed by atoms with Crippen molar-refractivity contribution >= 4 is 11.8 Å². The van der Waals surface area contributed by atoms with E-state index < -0.39 is 36.2 Å². The third-order valence-electron chi connectivity index (χ3n) is 7.87. The van der Waals surface area contributed by atoms with Crippen molar-refractivity contribution in [2.75, 3.05) is 65.7 Å². The van der Waals surface area contributed by atoms with E-state index in [9.17, 15) is 30.0 Å². The van der Waals surface area contributed by atoms with Crippen LogP contribution in [0.4, 0.5) is 0 Å². The number of nitrogens with one attached hydrogen (secondary N) is 2. The highest BCUT2D eigenvalue weighted by molar-refractivity contribution is 5.79. The van der Waals surface area contributed by atoms with Gasteiger partial charge in [-0.15, -0.1) is 0 Å². The van der Waals surface area contributed by atoms with E-state index in [0.29, 0.717) is 35.5 Å². The van der Waals surface area contributed by atoms with Crippen LogP contribution in [-0.4, -0.2) is 132 Å². The minimum atomic E-state index is -1.08. The zero-order chi connectivity index (χ0) is 29.4. The van der Waals surface area contributed by atoms with Crippen LogP contribution in [0.1, 0.15) is 78.1 Å². The summed E-state index contributed by atoms with van der Waals surface area (Å²) in [5.41, 5.74) is 5.83. The van der Waals surface area contributed by atoms with E-state index in [0.717, 1.165) is 90.4 Å². The van der Waals surface area contributed by atoms with E-state index in [1.54, 1.807) is 0 Å². The first-order valence-electron chi connectivity index (χ1n) is 15.3. The second-order valence-corrected chi connectivity index (χ2v) is 11.8. The molecule has 0 aliphatic carbocycles. The molecule has 40 heavy (non-hydrogen) atoms. The molecule has 2 fully saturated rings. The molecule has 0 aromatic rings. The van der Waals surface area contributed by atoms with Gasteiger partial charge in [0, 0.05) is 13.2 Å². The lowest BCUT2D eigenvalue weighted by Crippen LogP contribution is -2.66. The van der Waals surface area contributed by atoms with Gasteiger partial charge in [-0.05, 0) is 65.2 Å². The summed E-state index contributed by atoms with van der Waals surface area (Å²) in [6, 6.07) is 0. The quantitative estimate of drug-likeness (QED) is 0.0936. The average molecular weight is 577 g/mol. The molecule has 4 unspecified atom stereocenters. The van der Waals surface area contributed by atoms with Crippen LogP contribution in [0.15, 0.2) is 0 Å². The van der Waals surface area contributed by atoms with Crippen molar-refractivity contribution < 1.29 is 48.7 Å². The Morgan fingerprint density at radius 3 is 1.30 bits per heavy atom. The fourth-order valence-electron chi connectivity index (χ4n) is 5.68. The van der Waals surface area contributed by atoms with E-state index in [2.05, 4.69) is 10.9 Å². The number of likely N-dealkylation sites (tertiary alicyclic amines) is 2. The maximum absolute atomic E-state index is 12.1. The molecule has 12 heteroatoms. The number of piperidine rings is 2. The van der Waals surface area contributed by atoms with Crippen LogP contribution in [0.2, 0.25) is 0 Å². The van der Waals surface area contributed by atoms with E-state index in [1.165, 1.54) is 13.8 Å². The Kier molecular flexibility index (Phi) is 15.9. The molecule has 2 aliphatic heterocycles. The van der Waals surface area contributed by atoms with Gasteiger partial charge in [-0.1, -0.05) is 12.8 Å². The molecule has 0 aromatic heterocycles. The molecule has 0 radical (unpaired) electrons. The predicted molar refractivity (Wildman–Crippen MR) is 149 cm³/mol. The molecular weight excluding hydrogens is 520 g/mol. The van der Waals surface area contributed by atoms with Crippen LogP contribution < -0.4 is 10.9 Å². The van der Waals surface area contributed by atoms with Crippen LogP contribution in [0.5, 0.6) is 0 Å². The smallest absolute Gasteiger partial charge is 0.293 e. The maximum atomic E-state index is 12.1. The lowest BCUT2D eigenvalue weighted by molar-refractivity contribution is -0.968. The summed E-state index contributed by atoms with van der Waals surface area (Å²) in [5, 5.41) is 40.2. The number of aliphatic hydroxyl groups is 4. The molecule has 12 nitrogen and oxygen atoms in total. The predicted octanol–water partition coefficient (Wildman–Crippen LogP) is 0.127. The molecule has 2 amide bonds. The van der Waals surface area contributed by atoms with Gasteiger partial charge in [-0.3, -0.25) is 9.59 Å². The highest BCUT2D eigenvalue weighted by atomic mass is 16.5. The average Bonchev–Trinajstić information content (AvgIpc) is 2.90. The summed E-state index contributed by atoms with van der Waals surface area (Å²) in [7, 11) is 0. The van der Waals surface area contributed by atoms with Crippen LogP contribution in [-0.2, 0) is 19.1 Å². The number of nitrogens with zero attached hydrogens (tertiary/aromatic N) is 2. The maximum Gasteiger partial charge on any atom is 0.293 e. The molecule has 4 atom stereocenters. The van der Waals surface area contributed by atoms with Crippen molar-refractivity contribution in [3.63, 3.8) is 0 Å². The Morgan fingerprint density at radius 1 is 0.625 bits per heavy atom. The van der Waals surface area contributed by atoms with Gasteiger partial charge in [-0.2, -0.15) is 10.9 Å². The summed E-state index contributed by atoms with van der Waals surface area (Å²) in [6.07, 6.45) is 6.23. The van der Waals surface area contributed by atoms with E-state index >= 15 is 0 Å². The van der Waals surface area contributed by atoms with E-state index in [4.69, 9.17) is 9.47 Å². The number of rotatable bonds is 19. The summed E-state index contributed by atoms with van der Waals surface area (Å²) < 4.78 is 11.9. The standard InChI is InChI=1S/C28H54N4O8/c1-23(33)27(37)29-31(13-7-5-8-14-31)19-25(35)21-39-17-11-3-4-12-18-40-22-26(36)20-32(15-9-6-10-16-32)30-28(38)24(2)34/h23-26,33-36H,3-22H2,1-2H3/p+2. The minimum Gasteiger partial charge on any atom is -0.385 e. The molecule has 234 valence electrons. The number of carbonyl (C=O) groups excluding carboxylic acids is 2. The Morgan fingerprint density at radius 2 is 0.975 bits per heavy atom. The number of amides is 2. The van der Waals surface area contributed by atoms with Gasteiger partial charge < -0.3 is 29.9 Å². The van der Waals surface area contributed by atoms with Gasteiger partial charge in [0.05, 0.1) is 13.2 Å². The first kappa shape index (κ1) is 34.8. The number of hydrogen-bond donors (Lipinski definition) is 6. The molecule has 2 rings (SSSR count). The monoisotopic (exact) mass is 576 g/mol. The summed E-state index contributed by atoms with van der Waals surface area (Å²) >= 11 is 0. The molecule has 2 saturated heterocycles. The fraction of sp³-hybridized carbons (Fsp3) is 0.929. The van der Waals surface area contributed by atoms with E-state index in [1.807, 2.05) is 0 Å². The van der Waals surface area contributed by atoms with Crippen molar-refractivity contribution in [3.05, 3.63) is 0 Å². The SMILES string of the molecule is CC(O)C(=O)N[N+]1(CC(O)COCCCCCCOCC(O)C[N+]2(NC(=O)C(C)O)CCCCC2)CCCCC1. The number of aliphatic hydroxyl groups excluding tert-OH is 4. The fourth-order valence-corrected chi connectivity index (χ4v) is 5.68. The van der Waals surface area contributed by atoms with Crippen LogP contribution in [0.3, 0.4) is 0 Å². The first-order chi connectivity index (χ1) is 19.1. The highest BCUT2D eigenvalue weighted by Gasteiger charge is 2.37. The van der Waals surface area contributed by atoms with Crippen LogP contribution in [0, 0.1) is 0 Å². The van der Waals surface area contributed by atoms with Gasteiger partial charge in [0.25, 0.3) is 11.8 Å². The van der Waals surface area contributed by atoms with E-state index in [-0.39, 0.29) is 13.2 Å². The molecule has 2 aliphatic rings. The third kappa shape index (κ3) is 13.1. The Hall–Kier alpha value is -1.38. The number of ether oxygens (including phenoxy) is 2. The van der Waals surface area contributed by atoms with Crippen molar-refractivity contribution in [3.8, 4) is 0 Å². The Balaban J connectivity index is 1.54. The molecule has 0 spiro atoms. The molecule has 0 aromatic carbocycles. The second kappa shape index (κ2) is 18.2. The van der Waals surface area contributed by atoms with Gasteiger partial charge in [0.15, 0.2) is 0 Å². The topological polar surface area (TPSA) is 158 Å². The Labute approximate surface area is 239 Å². The minimum absolute atomic E-state index is 0.212. The lowest BCUT2D eigenvalue weighted by Gasteiger charge is -2.41. The third-order valence-corrected chi connectivity index (χ3v) is 7.87. The van der Waals surface area contributed by atoms with Crippen molar-refractivity contribution in [2.45, 2.75) is 102 Å². The van der Waals surface area contributed by atoms with Gasteiger partial charge in [-0.25, -0.2) is 9.18 Å².